The maximum atomic E-state index is 6.03. The summed E-state index contributed by atoms with van der Waals surface area (Å²) in [6.07, 6.45) is 2.78. The van der Waals surface area contributed by atoms with Gasteiger partial charge in [-0.25, -0.2) is 4.98 Å². The summed E-state index contributed by atoms with van der Waals surface area (Å²) in [5.74, 6) is 0.994. The molecule has 0 saturated heterocycles. The fourth-order valence-electron chi connectivity index (χ4n) is 2.64. The van der Waals surface area contributed by atoms with Crippen LogP contribution in [-0.2, 0) is 13.0 Å². The van der Waals surface area contributed by atoms with Gasteiger partial charge < -0.3 is 10.6 Å². The molecule has 2 N–H and O–H groups in total. The molecule has 0 amide bonds. The minimum absolute atomic E-state index is 0.860. The molecule has 0 bridgehead atoms. The summed E-state index contributed by atoms with van der Waals surface area (Å²) in [6.45, 7) is 5.79. The number of nitrogens with zero attached hydrogens (tertiary/aromatic N) is 3. The van der Waals surface area contributed by atoms with Crippen LogP contribution in [0.1, 0.15) is 22.5 Å². The van der Waals surface area contributed by atoms with E-state index in [0.717, 1.165) is 42.4 Å². The zero-order chi connectivity index (χ0) is 13.4. The van der Waals surface area contributed by atoms with Crippen LogP contribution in [0.2, 0.25) is 0 Å². The first-order valence-electron chi connectivity index (χ1n) is 6.56. The Hall–Kier alpha value is -2.10. The van der Waals surface area contributed by atoms with Gasteiger partial charge in [0.1, 0.15) is 0 Å². The van der Waals surface area contributed by atoms with E-state index in [-0.39, 0.29) is 0 Å². The van der Waals surface area contributed by atoms with Crippen molar-refractivity contribution in [2.75, 3.05) is 17.2 Å². The number of hydrogen-bond donors (Lipinski definition) is 1. The third-order valence-electron chi connectivity index (χ3n) is 3.65. The summed E-state index contributed by atoms with van der Waals surface area (Å²) in [5, 5.41) is 0. The van der Waals surface area contributed by atoms with E-state index < -0.39 is 0 Å². The van der Waals surface area contributed by atoms with Crippen molar-refractivity contribution in [2.24, 2.45) is 0 Å². The normalized spacial score (nSPS) is 14.3. The number of aryl methyl sites for hydroxylation is 2. The minimum atomic E-state index is 0.860. The van der Waals surface area contributed by atoms with Crippen molar-refractivity contribution >= 4 is 11.5 Å². The Morgan fingerprint density at radius 2 is 2.11 bits per heavy atom. The van der Waals surface area contributed by atoms with Crippen molar-refractivity contribution in [3.8, 4) is 0 Å². The molecule has 3 rings (SSSR count). The Morgan fingerprint density at radius 3 is 2.95 bits per heavy atom. The fraction of sp³-hybridized carbons (Fsp3) is 0.333. The average Bonchev–Trinajstić information content (AvgIpc) is 2.41. The van der Waals surface area contributed by atoms with Gasteiger partial charge in [0.15, 0.2) is 5.82 Å². The summed E-state index contributed by atoms with van der Waals surface area (Å²) in [4.78, 5) is 11.3. The molecule has 0 fully saturated rings. The van der Waals surface area contributed by atoms with Crippen LogP contribution < -0.4 is 10.6 Å². The second-order valence-electron chi connectivity index (χ2n) is 5.08. The molecule has 19 heavy (non-hydrogen) atoms. The van der Waals surface area contributed by atoms with Crippen LogP contribution in [0.15, 0.2) is 24.4 Å². The SMILES string of the molecule is Cc1cnc(C)c(N2CCc3c(N)cccc3C2)n1. The van der Waals surface area contributed by atoms with Crippen molar-refractivity contribution < 1.29 is 0 Å². The lowest BCUT2D eigenvalue weighted by Crippen LogP contribution is -2.32. The highest BCUT2D eigenvalue weighted by Crippen LogP contribution is 2.27. The average molecular weight is 254 g/mol. The zero-order valence-corrected chi connectivity index (χ0v) is 11.3. The molecular weight excluding hydrogens is 236 g/mol. The van der Waals surface area contributed by atoms with Crippen LogP contribution >= 0.6 is 0 Å². The highest BCUT2D eigenvalue weighted by atomic mass is 15.2. The topological polar surface area (TPSA) is 55.0 Å². The lowest BCUT2D eigenvalue weighted by molar-refractivity contribution is 0.714. The Balaban J connectivity index is 1.96. The maximum Gasteiger partial charge on any atom is 0.150 e. The second kappa shape index (κ2) is 4.53. The predicted octanol–water partition coefficient (Wildman–Crippen LogP) is 2.24. The Kier molecular flexibility index (Phi) is 2.85. The number of nitrogen functional groups attached to an aromatic ring is 1. The number of fused-ring (bicyclic) bond motifs is 1. The molecule has 98 valence electrons. The van der Waals surface area contributed by atoms with Gasteiger partial charge in [-0.15, -0.1) is 0 Å². The molecule has 0 saturated carbocycles. The maximum absolute atomic E-state index is 6.03. The van der Waals surface area contributed by atoms with E-state index in [1.165, 1.54) is 11.1 Å². The number of hydrogen-bond acceptors (Lipinski definition) is 4. The van der Waals surface area contributed by atoms with E-state index in [2.05, 4.69) is 20.9 Å². The van der Waals surface area contributed by atoms with E-state index in [0.29, 0.717) is 0 Å². The van der Waals surface area contributed by atoms with Crippen molar-refractivity contribution in [2.45, 2.75) is 26.8 Å². The van der Waals surface area contributed by atoms with Gasteiger partial charge in [0, 0.05) is 25.0 Å². The van der Waals surface area contributed by atoms with Gasteiger partial charge in [-0.05, 0) is 37.5 Å². The summed E-state index contributed by atoms with van der Waals surface area (Å²) in [5.41, 5.74) is 11.5. The monoisotopic (exact) mass is 254 g/mol. The highest BCUT2D eigenvalue weighted by Gasteiger charge is 2.20. The highest BCUT2D eigenvalue weighted by molar-refractivity contribution is 5.55. The lowest BCUT2D eigenvalue weighted by Gasteiger charge is -2.31. The number of benzene rings is 1. The van der Waals surface area contributed by atoms with Gasteiger partial charge in [0.2, 0.25) is 0 Å². The van der Waals surface area contributed by atoms with Crippen LogP contribution in [-0.4, -0.2) is 16.5 Å². The van der Waals surface area contributed by atoms with E-state index in [4.69, 9.17) is 5.73 Å². The summed E-state index contributed by atoms with van der Waals surface area (Å²) in [6, 6.07) is 6.15. The molecule has 0 aliphatic carbocycles. The van der Waals surface area contributed by atoms with Gasteiger partial charge in [0.25, 0.3) is 0 Å². The Labute approximate surface area is 113 Å². The zero-order valence-electron chi connectivity index (χ0n) is 11.3. The standard InChI is InChI=1S/C15H18N4/c1-10-8-17-11(2)15(18-10)19-7-6-13-12(9-19)4-3-5-14(13)16/h3-5,8H,6-7,9,16H2,1-2H3. The fourth-order valence-corrected chi connectivity index (χ4v) is 2.64. The molecule has 1 aromatic heterocycles. The first-order valence-corrected chi connectivity index (χ1v) is 6.56. The summed E-state index contributed by atoms with van der Waals surface area (Å²) in [7, 11) is 0. The molecule has 0 unspecified atom stereocenters. The molecular formula is C15H18N4. The van der Waals surface area contributed by atoms with Gasteiger partial charge in [-0.2, -0.15) is 0 Å². The minimum Gasteiger partial charge on any atom is -0.398 e. The van der Waals surface area contributed by atoms with Crippen molar-refractivity contribution in [3.63, 3.8) is 0 Å². The van der Waals surface area contributed by atoms with Gasteiger partial charge >= 0.3 is 0 Å². The van der Waals surface area contributed by atoms with Crippen molar-refractivity contribution in [1.82, 2.24) is 9.97 Å². The summed E-state index contributed by atoms with van der Waals surface area (Å²) >= 11 is 0. The van der Waals surface area contributed by atoms with Crippen LogP contribution in [0.3, 0.4) is 0 Å². The van der Waals surface area contributed by atoms with E-state index in [9.17, 15) is 0 Å². The smallest absolute Gasteiger partial charge is 0.150 e. The van der Waals surface area contributed by atoms with Gasteiger partial charge in [-0.1, -0.05) is 12.1 Å². The first kappa shape index (κ1) is 12.0. The number of nitrogens with two attached hydrogens (primary N) is 1. The number of aromatic nitrogens is 2. The molecule has 0 spiro atoms. The van der Waals surface area contributed by atoms with Crippen molar-refractivity contribution in [3.05, 3.63) is 46.9 Å². The largest absolute Gasteiger partial charge is 0.398 e. The van der Waals surface area contributed by atoms with Crippen LogP contribution in [0.5, 0.6) is 0 Å². The first-order chi connectivity index (χ1) is 9.15. The molecule has 1 aliphatic rings. The lowest BCUT2D eigenvalue weighted by atomic mass is 9.98. The number of anilines is 2. The third kappa shape index (κ3) is 2.14. The molecule has 2 aromatic rings. The van der Waals surface area contributed by atoms with Crippen LogP contribution in [0, 0.1) is 13.8 Å². The van der Waals surface area contributed by atoms with E-state index in [1.54, 1.807) is 0 Å². The molecule has 0 atom stereocenters. The molecule has 1 aliphatic heterocycles. The van der Waals surface area contributed by atoms with Crippen LogP contribution in [0.4, 0.5) is 11.5 Å². The second-order valence-corrected chi connectivity index (χ2v) is 5.08. The predicted molar refractivity (Wildman–Crippen MR) is 77.1 cm³/mol. The molecule has 0 radical (unpaired) electrons. The Bertz CT molecular complexity index is 622. The van der Waals surface area contributed by atoms with Gasteiger partial charge in [-0.3, -0.25) is 4.98 Å². The molecule has 2 heterocycles. The van der Waals surface area contributed by atoms with E-state index >= 15 is 0 Å². The van der Waals surface area contributed by atoms with Gasteiger partial charge in [0.05, 0.1) is 11.4 Å². The quantitative estimate of drug-likeness (QED) is 0.793. The molecule has 4 nitrogen and oxygen atoms in total. The van der Waals surface area contributed by atoms with Crippen LogP contribution in [0.25, 0.3) is 0 Å². The summed E-state index contributed by atoms with van der Waals surface area (Å²) < 4.78 is 0. The molecule has 1 aromatic carbocycles. The molecule has 4 heteroatoms. The third-order valence-corrected chi connectivity index (χ3v) is 3.65. The Morgan fingerprint density at radius 1 is 1.26 bits per heavy atom. The number of rotatable bonds is 1. The van der Waals surface area contributed by atoms with E-state index in [1.807, 2.05) is 32.2 Å². The van der Waals surface area contributed by atoms with Crippen molar-refractivity contribution in [1.29, 1.82) is 0 Å².